The summed E-state index contributed by atoms with van der Waals surface area (Å²) in [7, 11) is 0. The largest absolute Gasteiger partial charge is 0.381 e. The lowest BCUT2D eigenvalue weighted by Crippen LogP contribution is -2.32. The molecule has 2 aromatic heterocycles. The minimum Gasteiger partial charge on any atom is -0.381 e. The molecule has 3 heterocycles. The molecule has 150 valence electrons. The monoisotopic (exact) mass is 393 g/mol. The number of hydrogen-bond donors (Lipinski definition) is 3. The molecular weight excluding hydrogens is 370 g/mol. The van der Waals surface area contributed by atoms with Crippen molar-refractivity contribution < 1.29 is 14.3 Å². The molecular formula is C21H23N5O3. The summed E-state index contributed by atoms with van der Waals surface area (Å²) in [5.74, 6) is 0.361. The van der Waals surface area contributed by atoms with E-state index in [1.54, 1.807) is 42.7 Å². The molecule has 3 aromatic rings. The summed E-state index contributed by atoms with van der Waals surface area (Å²) >= 11 is 0. The van der Waals surface area contributed by atoms with Gasteiger partial charge < -0.3 is 25.1 Å². The molecule has 4 rings (SSSR count). The molecule has 1 saturated heterocycles. The van der Waals surface area contributed by atoms with E-state index in [9.17, 15) is 9.59 Å². The zero-order chi connectivity index (χ0) is 20.1. The lowest BCUT2D eigenvalue weighted by atomic mass is 10.0. The highest BCUT2D eigenvalue weighted by molar-refractivity contribution is 6.00. The highest BCUT2D eigenvalue weighted by Gasteiger charge is 2.15. The van der Waals surface area contributed by atoms with Gasteiger partial charge in [-0.3, -0.25) is 4.79 Å². The van der Waals surface area contributed by atoms with E-state index in [-0.39, 0.29) is 11.9 Å². The fraction of sp³-hybridized carbons (Fsp3) is 0.286. The third-order valence-electron chi connectivity index (χ3n) is 4.94. The highest BCUT2D eigenvalue weighted by Crippen LogP contribution is 2.15. The number of anilines is 2. The normalized spacial score (nSPS) is 14.5. The average Bonchev–Trinajstić information content (AvgIpc) is 3.21. The Bertz CT molecular complexity index is 993. The van der Waals surface area contributed by atoms with E-state index in [1.807, 2.05) is 16.7 Å². The lowest BCUT2D eigenvalue weighted by molar-refractivity contribution is 0.0642. The number of benzene rings is 1. The molecule has 0 spiro atoms. The first-order valence-corrected chi connectivity index (χ1v) is 9.64. The SMILES string of the molecule is O=C(Nc1ccc(C(=O)NCC2CCOCC2)cc1)Nc1ccc2nccn2c1. The topological polar surface area (TPSA) is 96.8 Å². The number of rotatable bonds is 5. The maximum atomic E-state index is 12.3. The quantitative estimate of drug-likeness (QED) is 0.620. The van der Waals surface area contributed by atoms with Crippen LogP contribution >= 0.6 is 0 Å². The van der Waals surface area contributed by atoms with Crippen LogP contribution in [0.2, 0.25) is 0 Å². The first-order valence-electron chi connectivity index (χ1n) is 9.64. The minimum atomic E-state index is -0.360. The summed E-state index contributed by atoms with van der Waals surface area (Å²) in [6.45, 7) is 2.18. The number of aromatic nitrogens is 2. The van der Waals surface area contributed by atoms with Crippen molar-refractivity contribution >= 4 is 29.0 Å². The summed E-state index contributed by atoms with van der Waals surface area (Å²) in [6, 6.07) is 10.1. The van der Waals surface area contributed by atoms with E-state index in [0.29, 0.717) is 29.4 Å². The fourth-order valence-electron chi connectivity index (χ4n) is 3.28. The van der Waals surface area contributed by atoms with Crippen molar-refractivity contribution in [3.63, 3.8) is 0 Å². The minimum absolute atomic E-state index is 0.110. The molecule has 0 bridgehead atoms. The van der Waals surface area contributed by atoms with Crippen LogP contribution in [0.3, 0.4) is 0 Å². The Morgan fingerprint density at radius 1 is 1.03 bits per heavy atom. The van der Waals surface area contributed by atoms with Crippen LogP contribution in [0.5, 0.6) is 0 Å². The molecule has 8 heteroatoms. The second kappa shape index (κ2) is 8.74. The Hall–Kier alpha value is -3.39. The van der Waals surface area contributed by atoms with Crippen LogP contribution in [0, 0.1) is 5.92 Å². The number of ether oxygens (including phenoxy) is 1. The van der Waals surface area contributed by atoms with Gasteiger partial charge in [-0.2, -0.15) is 0 Å². The van der Waals surface area contributed by atoms with Gasteiger partial charge in [0.2, 0.25) is 0 Å². The molecule has 0 saturated carbocycles. The average molecular weight is 393 g/mol. The Kier molecular flexibility index (Phi) is 5.71. The maximum absolute atomic E-state index is 12.3. The number of carbonyl (C=O) groups excluding carboxylic acids is 2. The summed E-state index contributed by atoms with van der Waals surface area (Å²) in [4.78, 5) is 28.7. The molecule has 3 N–H and O–H groups in total. The van der Waals surface area contributed by atoms with Crippen molar-refractivity contribution in [2.45, 2.75) is 12.8 Å². The molecule has 1 aromatic carbocycles. The Balaban J connectivity index is 1.28. The van der Waals surface area contributed by atoms with E-state index in [4.69, 9.17) is 4.74 Å². The molecule has 0 aliphatic carbocycles. The van der Waals surface area contributed by atoms with Gasteiger partial charge in [-0.25, -0.2) is 9.78 Å². The van der Waals surface area contributed by atoms with Crippen molar-refractivity contribution in [1.29, 1.82) is 0 Å². The van der Waals surface area contributed by atoms with Crippen molar-refractivity contribution in [2.24, 2.45) is 5.92 Å². The molecule has 8 nitrogen and oxygen atoms in total. The molecule has 1 aliphatic rings. The summed E-state index contributed by atoms with van der Waals surface area (Å²) < 4.78 is 7.16. The second-order valence-corrected chi connectivity index (χ2v) is 7.03. The number of hydrogen-bond acceptors (Lipinski definition) is 4. The van der Waals surface area contributed by atoms with E-state index in [2.05, 4.69) is 20.9 Å². The van der Waals surface area contributed by atoms with Crippen molar-refractivity contribution in [1.82, 2.24) is 14.7 Å². The number of pyridine rings is 1. The van der Waals surface area contributed by atoms with Crippen molar-refractivity contribution in [2.75, 3.05) is 30.4 Å². The van der Waals surface area contributed by atoms with E-state index in [0.717, 1.165) is 31.7 Å². The number of fused-ring (bicyclic) bond motifs is 1. The van der Waals surface area contributed by atoms with Crippen LogP contribution < -0.4 is 16.0 Å². The predicted molar refractivity (Wildman–Crippen MR) is 110 cm³/mol. The van der Waals surface area contributed by atoms with Gasteiger partial charge in [-0.15, -0.1) is 0 Å². The number of carbonyl (C=O) groups is 2. The predicted octanol–water partition coefficient (Wildman–Crippen LogP) is 3.13. The van der Waals surface area contributed by atoms with Gasteiger partial charge in [0.25, 0.3) is 5.91 Å². The standard InChI is InChI=1S/C21H23N5O3/c27-20(23-13-15-7-11-29-12-8-15)16-1-3-17(4-2-16)24-21(28)25-18-5-6-19-22-9-10-26(19)14-18/h1-6,9-10,14-15H,7-8,11-13H2,(H,23,27)(H2,24,25,28). The summed E-state index contributed by atoms with van der Waals surface area (Å²) in [6.07, 6.45) is 7.25. The number of nitrogens with zero attached hydrogens (tertiary/aromatic N) is 2. The Morgan fingerprint density at radius 3 is 2.55 bits per heavy atom. The summed E-state index contributed by atoms with van der Waals surface area (Å²) in [5, 5.41) is 8.51. The lowest BCUT2D eigenvalue weighted by Gasteiger charge is -2.22. The Morgan fingerprint density at radius 2 is 1.76 bits per heavy atom. The first kappa shape index (κ1) is 18.9. The van der Waals surface area contributed by atoms with Crippen LogP contribution in [0.1, 0.15) is 23.2 Å². The van der Waals surface area contributed by atoms with Gasteiger partial charge in [0, 0.05) is 49.6 Å². The van der Waals surface area contributed by atoms with Crippen LogP contribution in [-0.4, -0.2) is 41.1 Å². The molecule has 0 atom stereocenters. The van der Waals surface area contributed by atoms with Gasteiger partial charge in [0.15, 0.2) is 0 Å². The molecule has 1 aliphatic heterocycles. The maximum Gasteiger partial charge on any atom is 0.323 e. The fourth-order valence-corrected chi connectivity index (χ4v) is 3.28. The van der Waals surface area contributed by atoms with Gasteiger partial charge in [-0.1, -0.05) is 0 Å². The van der Waals surface area contributed by atoms with E-state index in [1.165, 1.54) is 0 Å². The second-order valence-electron chi connectivity index (χ2n) is 7.03. The van der Waals surface area contributed by atoms with E-state index >= 15 is 0 Å². The smallest absolute Gasteiger partial charge is 0.323 e. The zero-order valence-electron chi connectivity index (χ0n) is 15.9. The third-order valence-corrected chi connectivity index (χ3v) is 4.94. The molecule has 3 amide bonds. The first-order chi connectivity index (χ1) is 14.2. The van der Waals surface area contributed by atoms with Crippen molar-refractivity contribution in [3.05, 3.63) is 60.6 Å². The summed E-state index contributed by atoms with van der Waals surface area (Å²) in [5.41, 5.74) is 2.62. The molecule has 29 heavy (non-hydrogen) atoms. The molecule has 0 radical (unpaired) electrons. The van der Waals surface area contributed by atoms with Gasteiger partial charge in [0.05, 0.1) is 5.69 Å². The van der Waals surface area contributed by atoms with Crippen LogP contribution in [0.25, 0.3) is 5.65 Å². The van der Waals surface area contributed by atoms with Gasteiger partial charge in [-0.05, 0) is 55.2 Å². The van der Waals surface area contributed by atoms with Gasteiger partial charge in [0.1, 0.15) is 5.65 Å². The number of imidazole rings is 1. The third kappa shape index (κ3) is 4.91. The van der Waals surface area contributed by atoms with Crippen LogP contribution in [-0.2, 0) is 4.74 Å². The van der Waals surface area contributed by atoms with Crippen LogP contribution in [0.4, 0.5) is 16.2 Å². The van der Waals surface area contributed by atoms with E-state index < -0.39 is 0 Å². The number of amides is 3. The zero-order valence-corrected chi connectivity index (χ0v) is 15.9. The molecule has 1 fully saturated rings. The number of urea groups is 1. The van der Waals surface area contributed by atoms with Gasteiger partial charge >= 0.3 is 6.03 Å². The van der Waals surface area contributed by atoms with Crippen molar-refractivity contribution in [3.8, 4) is 0 Å². The van der Waals surface area contributed by atoms with Crippen LogP contribution in [0.15, 0.2) is 55.0 Å². The molecule has 0 unspecified atom stereocenters. The Labute approximate surface area is 168 Å². The highest BCUT2D eigenvalue weighted by atomic mass is 16.5. The number of nitrogens with one attached hydrogen (secondary N) is 3.